The zero-order valence-corrected chi connectivity index (χ0v) is 12.4. The van der Waals surface area contributed by atoms with Crippen LogP contribution in [0.15, 0.2) is 18.2 Å². The second-order valence-corrected chi connectivity index (χ2v) is 6.24. The van der Waals surface area contributed by atoms with E-state index in [0.29, 0.717) is 6.04 Å². The fourth-order valence-electron chi connectivity index (χ4n) is 3.32. The summed E-state index contributed by atoms with van der Waals surface area (Å²) < 4.78 is 0. The van der Waals surface area contributed by atoms with Crippen LogP contribution in [0.2, 0.25) is 0 Å². The molecule has 2 heteroatoms. The molecule has 0 aromatic heterocycles. The van der Waals surface area contributed by atoms with Crippen molar-refractivity contribution in [3.63, 3.8) is 0 Å². The Morgan fingerprint density at radius 2 is 1.95 bits per heavy atom. The molecule has 1 atom stereocenters. The lowest BCUT2D eigenvalue weighted by molar-refractivity contribution is 0.297. The van der Waals surface area contributed by atoms with Crippen LogP contribution in [0.5, 0.6) is 0 Å². The molecule has 0 radical (unpaired) electrons. The average Bonchev–Trinajstić information content (AvgIpc) is 2.43. The van der Waals surface area contributed by atoms with Crippen LogP contribution in [-0.2, 0) is 6.42 Å². The molecule has 0 heterocycles. The maximum atomic E-state index is 5.78. The van der Waals surface area contributed by atoms with E-state index in [-0.39, 0.29) is 0 Å². The van der Waals surface area contributed by atoms with Crippen molar-refractivity contribution in [2.24, 2.45) is 11.8 Å². The van der Waals surface area contributed by atoms with Gasteiger partial charge in [0.05, 0.1) is 0 Å². The molecule has 0 bridgehead atoms. The first-order chi connectivity index (χ1) is 9.19. The highest BCUT2D eigenvalue weighted by Gasteiger charge is 2.19. The first kappa shape index (κ1) is 14.5. The van der Waals surface area contributed by atoms with Gasteiger partial charge in [-0.1, -0.05) is 55.9 Å². The maximum Gasteiger partial charge on any atom is 0.0253 e. The highest BCUT2D eigenvalue weighted by atomic mass is 15.2. The highest BCUT2D eigenvalue weighted by Crippen LogP contribution is 2.28. The van der Waals surface area contributed by atoms with E-state index >= 15 is 0 Å². The Bertz CT molecular complexity index is 394. The summed E-state index contributed by atoms with van der Waals surface area (Å²) in [5.74, 6) is 6.65. The van der Waals surface area contributed by atoms with E-state index < -0.39 is 0 Å². The summed E-state index contributed by atoms with van der Waals surface area (Å²) in [6.07, 6.45) is 9.31. The fraction of sp³-hybridized carbons (Fsp3) is 0.647. The van der Waals surface area contributed by atoms with E-state index in [4.69, 9.17) is 5.84 Å². The van der Waals surface area contributed by atoms with E-state index in [1.807, 2.05) is 0 Å². The third-order valence-electron chi connectivity index (χ3n) is 4.55. The molecule has 1 unspecified atom stereocenters. The number of hydrazine groups is 1. The minimum Gasteiger partial charge on any atom is -0.271 e. The van der Waals surface area contributed by atoms with Crippen LogP contribution >= 0.6 is 0 Å². The molecule has 0 spiro atoms. The third-order valence-corrected chi connectivity index (χ3v) is 4.55. The molecule has 0 amide bonds. The van der Waals surface area contributed by atoms with E-state index in [0.717, 1.165) is 12.3 Å². The lowest BCUT2D eigenvalue weighted by Gasteiger charge is -2.26. The van der Waals surface area contributed by atoms with Gasteiger partial charge in [0.2, 0.25) is 0 Å². The number of benzene rings is 1. The topological polar surface area (TPSA) is 38.0 Å². The Kier molecular flexibility index (Phi) is 5.41. The van der Waals surface area contributed by atoms with Crippen molar-refractivity contribution in [2.45, 2.75) is 64.8 Å². The van der Waals surface area contributed by atoms with E-state index in [1.165, 1.54) is 55.2 Å². The van der Waals surface area contributed by atoms with E-state index in [1.54, 1.807) is 0 Å². The van der Waals surface area contributed by atoms with Gasteiger partial charge in [-0.15, -0.1) is 0 Å². The second-order valence-electron chi connectivity index (χ2n) is 6.24. The first-order valence-corrected chi connectivity index (χ1v) is 7.71. The van der Waals surface area contributed by atoms with Gasteiger partial charge < -0.3 is 0 Å². The summed E-state index contributed by atoms with van der Waals surface area (Å²) in [6, 6.07) is 7.13. The predicted molar refractivity (Wildman–Crippen MR) is 81.9 cm³/mol. The number of hydrogen-bond donors (Lipinski definition) is 2. The Balaban J connectivity index is 1.95. The zero-order chi connectivity index (χ0) is 13.7. The molecule has 0 saturated heterocycles. The molecule has 106 valence electrons. The van der Waals surface area contributed by atoms with E-state index in [9.17, 15) is 0 Å². The molecule has 1 saturated carbocycles. The average molecular weight is 260 g/mol. The molecule has 1 aliphatic rings. The standard InChI is InChI=1S/C17H28N2/c1-13-8-9-14(2)16(10-13)12-17(19-18)11-15-6-4-3-5-7-15/h8-10,15,17,19H,3-7,11-12,18H2,1-2H3. The molecule has 2 nitrogen and oxygen atoms in total. The van der Waals surface area contributed by atoms with Crippen LogP contribution in [0.3, 0.4) is 0 Å². The predicted octanol–water partition coefficient (Wildman–Crippen LogP) is 3.65. The number of hydrogen-bond acceptors (Lipinski definition) is 2. The van der Waals surface area contributed by atoms with E-state index in [2.05, 4.69) is 37.5 Å². The van der Waals surface area contributed by atoms with Gasteiger partial charge in [0.15, 0.2) is 0 Å². The van der Waals surface area contributed by atoms with Crippen molar-refractivity contribution in [3.05, 3.63) is 34.9 Å². The minimum atomic E-state index is 0.420. The Labute approximate surface area is 117 Å². The van der Waals surface area contributed by atoms with Gasteiger partial charge in [-0.25, -0.2) is 0 Å². The molecular weight excluding hydrogens is 232 g/mol. The van der Waals surface area contributed by atoms with Crippen LogP contribution in [0.4, 0.5) is 0 Å². The third kappa shape index (κ3) is 4.32. The van der Waals surface area contributed by atoms with Crippen LogP contribution < -0.4 is 11.3 Å². The van der Waals surface area contributed by atoms with Gasteiger partial charge >= 0.3 is 0 Å². The van der Waals surface area contributed by atoms with Crippen LogP contribution in [0.1, 0.15) is 55.2 Å². The Hall–Kier alpha value is -0.860. The normalized spacial score (nSPS) is 18.5. The van der Waals surface area contributed by atoms with Gasteiger partial charge in [0.25, 0.3) is 0 Å². The van der Waals surface area contributed by atoms with Gasteiger partial charge in [-0.05, 0) is 43.7 Å². The van der Waals surface area contributed by atoms with Crippen LogP contribution in [-0.4, -0.2) is 6.04 Å². The zero-order valence-electron chi connectivity index (χ0n) is 12.4. The van der Waals surface area contributed by atoms with Crippen molar-refractivity contribution >= 4 is 0 Å². The van der Waals surface area contributed by atoms with Crippen molar-refractivity contribution < 1.29 is 0 Å². The number of rotatable bonds is 5. The summed E-state index contributed by atoms with van der Waals surface area (Å²) >= 11 is 0. The molecular formula is C17H28N2. The number of nitrogens with one attached hydrogen (secondary N) is 1. The van der Waals surface area contributed by atoms with Crippen molar-refractivity contribution in [1.82, 2.24) is 5.43 Å². The monoisotopic (exact) mass is 260 g/mol. The lowest BCUT2D eigenvalue weighted by atomic mass is 9.83. The summed E-state index contributed by atoms with van der Waals surface area (Å²) in [4.78, 5) is 0. The molecule has 1 fully saturated rings. The smallest absolute Gasteiger partial charge is 0.0253 e. The number of nitrogens with two attached hydrogens (primary N) is 1. The lowest BCUT2D eigenvalue weighted by Crippen LogP contribution is -2.38. The van der Waals surface area contributed by atoms with Gasteiger partial charge in [0, 0.05) is 6.04 Å². The molecule has 2 rings (SSSR count). The highest BCUT2D eigenvalue weighted by molar-refractivity contribution is 5.31. The maximum absolute atomic E-state index is 5.78. The van der Waals surface area contributed by atoms with Crippen molar-refractivity contribution in [3.8, 4) is 0 Å². The summed E-state index contributed by atoms with van der Waals surface area (Å²) in [7, 11) is 0. The van der Waals surface area contributed by atoms with Crippen LogP contribution in [0.25, 0.3) is 0 Å². The summed E-state index contributed by atoms with van der Waals surface area (Å²) in [5.41, 5.74) is 7.21. The Morgan fingerprint density at radius 3 is 2.63 bits per heavy atom. The molecule has 1 aromatic rings. The largest absolute Gasteiger partial charge is 0.271 e. The quantitative estimate of drug-likeness (QED) is 0.626. The molecule has 1 aromatic carbocycles. The van der Waals surface area contributed by atoms with Crippen molar-refractivity contribution in [2.75, 3.05) is 0 Å². The van der Waals surface area contributed by atoms with Gasteiger partial charge in [0.1, 0.15) is 0 Å². The number of aryl methyl sites for hydroxylation is 2. The van der Waals surface area contributed by atoms with Crippen molar-refractivity contribution in [1.29, 1.82) is 0 Å². The first-order valence-electron chi connectivity index (χ1n) is 7.71. The minimum absolute atomic E-state index is 0.420. The molecule has 1 aliphatic carbocycles. The Morgan fingerprint density at radius 1 is 1.21 bits per heavy atom. The SMILES string of the molecule is Cc1ccc(C)c(CC(CC2CCCCC2)NN)c1. The molecule has 0 aliphatic heterocycles. The van der Waals surface area contributed by atoms with Crippen LogP contribution in [0, 0.1) is 19.8 Å². The van der Waals surface area contributed by atoms with Gasteiger partial charge in [-0.2, -0.15) is 0 Å². The molecule has 19 heavy (non-hydrogen) atoms. The molecule has 3 N–H and O–H groups in total. The summed E-state index contributed by atoms with van der Waals surface area (Å²) in [5, 5.41) is 0. The fourth-order valence-corrected chi connectivity index (χ4v) is 3.32. The summed E-state index contributed by atoms with van der Waals surface area (Å²) in [6.45, 7) is 4.36. The second kappa shape index (κ2) is 7.06. The van der Waals surface area contributed by atoms with Gasteiger partial charge in [-0.3, -0.25) is 11.3 Å².